The molecule has 0 heterocycles. The van der Waals surface area contributed by atoms with Crippen molar-refractivity contribution in [1.82, 2.24) is 5.32 Å². The molecule has 0 fully saturated rings. The zero-order chi connectivity index (χ0) is 13.2. The first-order valence-corrected chi connectivity index (χ1v) is 6.85. The molecule has 0 spiro atoms. The number of rotatable bonds is 8. The Hall–Kier alpha value is -1.51. The highest BCUT2D eigenvalue weighted by atomic mass is 16.1. The van der Waals surface area contributed by atoms with Gasteiger partial charge in [-0.15, -0.1) is 0 Å². The first-order chi connectivity index (χ1) is 8.76. The molecule has 0 aliphatic carbocycles. The SMILES string of the molecule is CCCCNC(=O)CCNc1ccc(CC)cc1. The molecule has 100 valence electrons. The highest BCUT2D eigenvalue weighted by Crippen LogP contribution is 2.09. The predicted molar refractivity (Wildman–Crippen MR) is 76.8 cm³/mol. The molecule has 0 bridgehead atoms. The molecule has 1 rings (SSSR count). The minimum atomic E-state index is 0.126. The van der Waals surface area contributed by atoms with E-state index in [0.29, 0.717) is 13.0 Å². The number of carbonyl (C=O) groups is 1. The van der Waals surface area contributed by atoms with Crippen LogP contribution >= 0.6 is 0 Å². The Labute approximate surface area is 110 Å². The number of unbranched alkanes of at least 4 members (excludes halogenated alkanes) is 1. The summed E-state index contributed by atoms with van der Waals surface area (Å²) in [6.45, 7) is 5.74. The van der Waals surface area contributed by atoms with E-state index in [4.69, 9.17) is 0 Å². The van der Waals surface area contributed by atoms with Crippen LogP contribution in [0, 0.1) is 0 Å². The summed E-state index contributed by atoms with van der Waals surface area (Å²) in [5.41, 5.74) is 2.41. The first-order valence-electron chi connectivity index (χ1n) is 6.85. The van der Waals surface area contributed by atoms with Crippen LogP contribution in [0.4, 0.5) is 5.69 Å². The Morgan fingerprint density at radius 3 is 2.44 bits per heavy atom. The van der Waals surface area contributed by atoms with Crippen molar-refractivity contribution in [2.24, 2.45) is 0 Å². The molecule has 0 saturated heterocycles. The van der Waals surface area contributed by atoms with Crippen molar-refractivity contribution < 1.29 is 4.79 Å². The third kappa shape index (κ3) is 5.71. The van der Waals surface area contributed by atoms with Crippen LogP contribution < -0.4 is 10.6 Å². The molecule has 3 heteroatoms. The van der Waals surface area contributed by atoms with E-state index in [0.717, 1.165) is 31.5 Å². The van der Waals surface area contributed by atoms with Crippen molar-refractivity contribution in [1.29, 1.82) is 0 Å². The lowest BCUT2D eigenvalue weighted by Gasteiger charge is -2.07. The van der Waals surface area contributed by atoms with E-state index in [1.165, 1.54) is 5.56 Å². The molecule has 0 atom stereocenters. The molecule has 18 heavy (non-hydrogen) atoms. The van der Waals surface area contributed by atoms with E-state index in [9.17, 15) is 4.79 Å². The van der Waals surface area contributed by atoms with Crippen molar-refractivity contribution in [3.8, 4) is 0 Å². The van der Waals surface area contributed by atoms with Gasteiger partial charge in [0.2, 0.25) is 5.91 Å². The van der Waals surface area contributed by atoms with Gasteiger partial charge in [0.15, 0.2) is 0 Å². The average molecular weight is 248 g/mol. The summed E-state index contributed by atoms with van der Waals surface area (Å²) < 4.78 is 0. The summed E-state index contributed by atoms with van der Waals surface area (Å²) in [7, 11) is 0. The van der Waals surface area contributed by atoms with Crippen LogP contribution in [-0.4, -0.2) is 19.0 Å². The number of amides is 1. The second-order valence-electron chi connectivity index (χ2n) is 4.43. The Morgan fingerprint density at radius 1 is 1.11 bits per heavy atom. The average Bonchev–Trinajstić information content (AvgIpc) is 2.40. The zero-order valence-corrected chi connectivity index (χ0v) is 11.5. The molecule has 1 amide bonds. The molecular weight excluding hydrogens is 224 g/mol. The van der Waals surface area contributed by atoms with Gasteiger partial charge in [-0.2, -0.15) is 0 Å². The maximum atomic E-state index is 11.5. The van der Waals surface area contributed by atoms with E-state index >= 15 is 0 Å². The van der Waals surface area contributed by atoms with E-state index in [-0.39, 0.29) is 5.91 Å². The lowest BCUT2D eigenvalue weighted by atomic mass is 10.1. The normalized spacial score (nSPS) is 10.1. The summed E-state index contributed by atoms with van der Waals surface area (Å²) >= 11 is 0. The Bertz CT molecular complexity index is 346. The van der Waals surface area contributed by atoms with Gasteiger partial charge in [-0.1, -0.05) is 32.4 Å². The van der Waals surface area contributed by atoms with Gasteiger partial charge >= 0.3 is 0 Å². The van der Waals surface area contributed by atoms with Gasteiger partial charge in [0.25, 0.3) is 0 Å². The molecule has 0 unspecified atom stereocenters. The van der Waals surface area contributed by atoms with Crippen LogP contribution in [0.25, 0.3) is 0 Å². The van der Waals surface area contributed by atoms with E-state index < -0.39 is 0 Å². The first kappa shape index (κ1) is 14.6. The van der Waals surface area contributed by atoms with Crippen LogP contribution in [-0.2, 0) is 11.2 Å². The third-order valence-electron chi connectivity index (χ3n) is 2.90. The van der Waals surface area contributed by atoms with E-state index in [1.807, 2.05) is 0 Å². The Morgan fingerprint density at radius 2 is 1.83 bits per heavy atom. The fourth-order valence-corrected chi connectivity index (χ4v) is 1.67. The van der Waals surface area contributed by atoms with Crippen LogP contribution in [0.2, 0.25) is 0 Å². The molecular formula is C15H24N2O. The summed E-state index contributed by atoms with van der Waals surface area (Å²) in [6, 6.07) is 8.36. The Kier molecular flexibility index (Phi) is 6.92. The van der Waals surface area contributed by atoms with Crippen molar-refractivity contribution in [2.75, 3.05) is 18.4 Å². The van der Waals surface area contributed by atoms with E-state index in [1.54, 1.807) is 0 Å². The fourth-order valence-electron chi connectivity index (χ4n) is 1.67. The lowest BCUT2D eigenvalue weighted by molar-refractivity contribution is -0.120. The van der Waals surface area contributed by atoms with Crippen LogP contribution in [0.1, 0.15) is 38.7 Å². The van der Waals surface area contributed by atoms with Gasteiger partial charge in [0, 0.05) is 25.2 Å². The summed E-state index contributed by atoms with van der Waals surface area (Å²) in [5.74, 6) is 0.126. The van der Waals surface area contributed by atoms with Crippen molar-refractivity contribution in [2.45, 2.75) is 39.5 Å². The van der Waals surface area contributed by atoms with Gasteiger partial charge in [-0.25, -0.2) is 0 Å². The second-order valence-corrected chi connectivity index (χ2v) is 4.43. The number of aryl methyl sites for hydroxylation is 1. The van der Waals surface area contributed by atoms with Gasteiger partial charge < -0.3 is 10.6 Å². The van der Waals surface area contributed by atoms with E-state index in [2.05, 4.69) is 48.7 Å². The van der Waals surface area contributed by atoms with Gasteiger partial charge in [-0.05, 0) is 30.5 Å². The number of nitrogens with one attached hydrogen (secondary N) is 2. The molecule has 0 radical (unpaired) electrons. The topological polar surface area (TPSA) is 41.1 Å². The fraction of sp³-hybridized carbons (Fsp3) is 0.533. The maximum absolute atomic E-state index is 11.5. The highest BCUT2D eigenvalue weighted by molar-refractivity contribution is 5.76. The van der Waals surface area contributed by atoms with Gasteiger partial charge in [0.05, 0.1) is 0 Å². The van der Waals surface area contributed by atoms with Crippen molar-refractivity contribution >= 4 is 11.6 Å². The molecule has 0 aromatic heterocycles. The van der Waals surface area contributed by atoms with Gasteiger partial charge in [0.1, 0.15) is 0 Å². The van der Waals surface area contributed by atoms with Crippen molar-refractivity contribution in [3.05, 3.63) is 29.8 Å². The second kappa shape index (κ2) is 8.56. The summed E-state index contributed by atoms with van der Waals surface area (Å²) in [6.07, 6.45) is 3.75. The molecule has 0 aliphatic heterocycles. The maximum Gasteiger partial charge on any atom is 0.221 e. The number of hydrogen-bond acceptors (Lipinski definition) is 2. The summed E-state index contributed by atoms with van der Waals surface area (Å²) in [4.78, 5) is 11.5. The minimum Gasteiger partial charge on any atom is -0.385 e. The summed E-state index contributed by atoms with van der Waals surface area (Å²) in [5, 5.41) is 6.17. The lowest BCUT2D eigenvalue weighted by Crippen LogP contribution is -2.26. The monoisotopic (exact) mass is 248 g/mol. The predicted octanol–water partition coefficient (Wildman–Crippen LogP) is 2.97. The number of anilines is 1. The molecule has 1 aromatic rings. The highest BCUT2D eigenvalue weighted by Gasteiger charge is 1.99. The number of carbonyl (C=O) groups excluding carboxylic acids is 1. The van der Waals surface area contributed by atoms with Crippen LogP contribution in [0.5, 0.6) is 0 Å². The number of benzene rings is 1. The van der Waals surface area contributed by atoms with Gasteiger partial charge in [-0.3, -0.25) is 4.79 Å². The smallest absolute Gasteiger partial charge is 0.221 e. The van der Waals surface area contributed by atoms with Crippen LogP contribution in [0.3, 0.4) is 0 Å². The largest absolute Gasteiger partial charge is 0.385 e. The molecule has 0 aliphatic rings. The quantitative estimate of drug-likeness (QED) is 0.694. The standard InChI is InChI=1S/C15H24N2O/c1-3-5-11-17-15(18)10-12-16-14-8-6-13(4-2)7-9-14/h6-9,16H,3-5,10-12H2,1-2H3,(H,17,18). The van der Waals surface area contributed by atoms with Crippen LogP contribution in [0.15, 0.2) is 24.3 Å². The molecule has 0 saturated carbocycles. The minimum absolute atomic E-state index is 0.126. The molecule has 1 aromatic carbocycles. The molecule has 2 N–H and O–H groups in total. The number of hydrogen-bond donors (Lipinski definition) is 2. The third-order valence-corrected chi connectivity index (χ3v) is 2.90. The zero-order valence-electron chi connectivity index (χ0n) is 11.5. The molecule has 3 nitrogen and oxygen atoms in total. The Balaban J connectivity index is 2.18. The van der Waals surface area contributed by atoms with Crippen molar-refractivity contribution in [3.63, 3.8) is 0 Å².